The summed E-state index contributed by atoms with van der Waals surface area (Å²) in [6, 6.07) is 0.449. The first-order valence-electron chi connectivity index (χ1n) is 6.42. The van der Waals surface area contributed by atoms with E-state index < -0.39 is 0 Å². The summed E-state index contributed by atoms with van der Waals surface area (Å²) in [6.45, 7) is 7.50. The molecular formula is C12H19BrN4O. The van der Waals surface area contributed by atoms with Crippen LogP contribution in [0.5, 0.6) is 0 Å². The number of likely N-dealkylation sites (N-methyl/N-ethyl adjacent to an activating group) is 1. The van der Waals surface area contributed by atoms with Crippen LogP contribution in [-0.4, -0.2) is 35.5 Å². The molecule has 2 heterocycles. The highest BCUT2D eigenvalue weighted by Crippen LogP contribution is 2.25. The first-order valence-corrected chi connectivity index (χ1v) is 7.21. The fourth-order valence-corrected chi connectivity index (χ4v) is 2.95. The van der Waals surface area contributed by atoms with Gasteiger partial charge in [-0.25, -0.2) is 4.68 Å². The van der Waals surface area contributed by atoms with Gasteiger partial charge in [0.15, 0.2) is 0 Å². The first-order chi connectivity index (χ1) is 8.69. The molecule has 1 aliphatic heterocycles. The molecule has 0 aliphatic carbocycles. The van der Waals surface area contributed by atoms with Gasteiger partial charge in [-0.15, -0.1) is 0 Å². The van der Waals surface area contributed by atoms with Crippen LogP contribution >= 0.6 is 15.9 Å². The van der Waals surface area contributed by atoms with Crippen molar-refractivity contribution in [3.05, 3.63) is 21.0 Å². The summed E-state index contributed by atoms with van der Waals surface area (Å²) in [5.74, 6) is 0. The average Bonchev–Trinajstić information content (AvgIpc) is 2.89. The number of hydrogen-bond donors (Lipinski definition) is 1. The smallest absolute Gasteiger partial charge is 0.283 e. The number of nitrogens with one attached hydrogen (secondary N) is 1. The Bertz CT molecular complexity index is 468. The summed E-state index contributed by atoms with van der Waals surface area (Å²) in [5.41, 5.74) is 0.848. The van der Waals surface area contributed by atoms with Crippen LogP contribution in [0.4, 0.5) is 5.69 Å². The molecule has 0 spiro atoms. The van der Waals surface area contributed by atoms with Crippen molar-refractivity contribution in [1.29, 1.82) is 0 Å². The van der Waals surface area contributed by atoms with Gasteiger partial charge >= 0.3 is 0 Å². The number of hydrogen-bond acceptors (Lipinski definition) is 4. The van der Waals surface area contributed by atoms with E-state index in [1.54, 1.807) is 6.20 Å². The fourth-order valence-electron chi connectivity index (χ4n) is 2.41. The van der Waals surface area contributed by atoms with Crippen LogP contribution in [0, 0.1) is 0 Å². The number of aryl methyl sites for hydroxylation is 1. The predicted molar refractivity (Wildman–Crippen MR) is 76.2 cm³/mol. The predicted octanol–water partition coefficient (Wildman–Crippen LogP) is 1.21. The summed E-state index contributed by atoms with van der Waals surface area (Å²) in [4.78, 5) is 14.3. The monoisotopic (exact) mass is 314 g/mol. The van der Waals surface area contributed by atoms with Gasteiger partial charge in [-0.1, -0.05) is 0 Å². The molecule has 1 aromatic heterocycles. The van der Waals surface area contributed by atoms with Gasteiger partial charge < -0.3 is 10.2 Å². The van der Waals surface area contributed by atoms with E-state index >= 15 is 0 Å². The van der Waals surface area contributed by atoms with Crippen molar-refractivity contribution in [3.63, 3.8) is 0 Å². The van der Waals surface area contributed by atoms with Crippen LogP contribution in [0.25, 0.3) is 0 Å². The van der Waals surface area contributed by atoms with E-state index in [0.29, 0.717) is 17.1 Å². The van der Waals surface area contributed by atoms with Gasteiger partial charge in [0.05, 0.1) is 11.9 Å². The lowest BCUT2D eigenvalue weighted by molar-refractivity contribution is 0.598. The van der Waals surface area contributed by atoms with E-state index in [0.717, 1.165) is 31.7 Å². The average molecular weight is 315 g/mol. The molecule has 2 rings (SSSR count). The molecule has 0 aromatic carbocycles. The molecule has 6 heteroatoms. The van der Waals surface area contributed by atoms with E-state index in [1.165, 1.54) is 4.68 Å². The van der Waals surface area contributed by atoms with Gasteiger partial charge in [-0.3, -0.25) is 4.79 Å². The maximum absolute atomic E-state index is 12.1. The first kappa shape index (κ1) is 13.5. The Balaban J connectivity index is 2.36. The summed E-state index contributed by atoms with van der Waals surface area (Å²) in [6.07, 6.45) is 2.90. The summed E-state index contributed by atoms with van der Waals surface area (Å²) in [7, 11) is 0. The number of aromatic nitrogens is 2. The van der Waals surface area contributed by atoms with Gasteiger partial charge in [0.25, 0.3) is 5.56 Å². The van der Waals surface area contributed by atoms with Crippen molar-refractivity contribution >= 4 is 21.6 Å². The van der Waals surface area contributed by atoms with Crippen LogP contribution in [-0.2, 0) is 6.54 Å². The molecule has 1 fully saturated rings. The third kappa shape index (κ3) is 2.44. The lowest BCUT2D eigenvalue weighted by Crippen LogP contribution is -2.38. The van der Waals surface area contributed by atoms with Crippen molar-refractivity contribution in [3.8, 4) is 0 Å². The van der Waals surface area contributed by atoms with Crippen molar-refractivity contribution in [1.82, 2.24) is 15.1 Å². The zero-order valence-corrected chi connectivity index (χ0v) is 12.4. The van der Waals surface area contributed by atoms with Crippen LogP contribution in [0.15, 0.2) is 15.5 Å². The number of halogens is 1. The quantitative estimate of drug-likeness (QED) is 0.907. The Labute approximate surface area is 115 Å². The third-order valence-electron chi connectivity index (χ3n) is 3.39. The molecule has 1 aromatic rings. The molecule has 5 nitrogen and oxygen atoms in total. The van der Waals surface area contributed by atoms with E-state index in [4.69, 9.17) is 0 Å². The summed E-state index contributed by atoms with van der Waals surface area (Å²) in [5, 5.41) is 7.56. The second-order valence-electron chi connectivity index (χ2n) is 4.40. The standard InChI is InChI=1S/C12H19BrN4O/c1-3-16(9-5-6-14-7-9)10-8-15-17(4-2)12(18)11(10)13/h8-9,14H,3-7H2,1-2H3. The lowest BCUT2D eigenvalue weighted by atomic mass is 10.2. The summed E-state index contributed by atoms with van der Waals surface area (Å²) < 4.78 is 2.09. The van der Waals surface area contributed by atoms with Gasteiger partial charge in [-0.05, 0) is 42.7 Å². The molecule has 1 saturated heterocycles. The van der Waals surface area contributed by atoms with Gasteiger partial charge in [0.1, 0.15) is 4.47 Å². The second kappa shape index (κ2) is 5.84. The van der Waals surface area contributed by atoms with E-state index in [9.17, 15) is 4.79 Å². The highest BCUT2D eigenvalue weighted by molar-refractivity contribution is 9.10. The maximum atomic E-state index is 12.1. The molecule has 1 unspecified atom stereocenters. The Morgan fingerprint density at radius 2 is 2.39 bits per heavy atom. The van der Waals surface area contributed by atoms with Crippen molar-refractivity contribution < 1.29 is 0 Å². The molecule has 18 heavy (non-hydrogen) atoms. The highest BCUT2D eigenvalue weighted by Gasteiger charge is 2.24. The molecule has 1 atom stereocenters. The maximum Gasteiger partial charge on any atom is 0.283 e. The molecule has 100 valence electrons. The van der Waals surface area contributed by atoms with Crippen molar-refractivity contribution in [2.24, 2.45) is 0 Å². The van der Waals surface area contributed by atoms with Gasteiger partial charge in [0.2, 0.25) is 0 Å². The van der Waals surface area contributed by atoms with Gasteiger partial charge in [0, 0.05) is 25.7 Å². The largest absolute Gasteiger partial charge is 0.365 e. The molecule has 0 saturated carbocycles. The summed E-state index contributed by atoms with van der Waals surface area (Å²) >= 11 is 3.42. The number of rotatable bonds is 4. The lowest BCUT2D eigenvalue weighted by Gasteiger charge is -2.29. The van der Waals surface area contributed by atoms with Crippen LogP contribution < -0.4 is 15.8 Å². The van der Waals surface area contributed by atoms with Gasteiger partial charge in [-0.2, -0.15) is 5.10 Å². The Morgan fingerprint density at radius 3 is 2.94 bits per heavy atom. The normalized spacial score (nSPS) is 19.2. The minimum Gasteiger partial charge on any atom is -0.365 e. The van der Waals surface area contributed by atoms with E-state index in [2.05, 4.69) is 38.2 Å². The van der Waals surface area contributed by atoms with Crippen LogP contribution in [0.2, 0.25) is 0 Å². The molecule has 0 amide bonds. The third-order valence-corrected chi connectivity index (χ3v) is 4.14. The fraction of sp³-hybridized carbons (Fsp3) is 0.667. The van der Waals surface area contributed by atoms with E-state index in [-0.39, 0.29) is 5.56 Å². The number of anilines is 1. The number of nitrogens with zero attached hydrogens (tertiary/aromatic N) is 3. The topological polar surface area (TPSA) is 50.2 Å². The van der Waals surface area contributed by atoms with Crippen LogP contribution in [0.1, 0.15) is 20.3 Å². The van der Waals surface area contributed by atoms with E-state index in [1.807, 2.05) is 6.92 Å². The minimum absolute atomic E-state index is 0.0561. The Hall–Kier alpha value is -0.880. The second-order valence-corrected chi connectivity index (χ2v) is 5.19. The van der Waals surface area contributed by atoms with Crippen molar-refractivity contribution in [2.75, 3.05) is 24.5 Å². The minimum atomic E-state index is -0.0561. The molecular weight excluding hydrogens is 296 g/mol. The Morgan fingerprint density at radius 1 is 1.61 bits per heavy atom. The molecule has 0 radical (unpaired) electrons. The van der Waals surface area contributed by atoms with Crippen LogP contribution in [0.3, 0.4) is 0 Å². The zero-order valence-electron chi connectivity index (χ0n) is 10.8. The molecule has 1 N–H and O–H groups in total. The molecule has 1 aliphatic rings. The highest BCUT2D eigenvalue weighted by atomic mass is 79.9. The Kier molecular flexibility index (Phi) is 4.40. The SMILES string of the molecule is CCN(c1cnn(CC)c(=O)c1Br)C1CCNC1. The van der Waals surface area contributed by atoms with Crippen molar-refractivity contribution in [2.45, 2.75) is 32.9 Å². The zero-order chi connectivity index (χ0) is 13.1. The molecule has 0 bridgehead atoms.